The van der Waals surface area contributed by atoms with Gasteiger partial charge < -0.3 is 4.74 Å². The first-order valence-corrected chi connectivity index (χ1v) is 10.8. The van der Waals surface area contributed by atoms with Crippen molar-refractivity contribution in [1.29, 1.82) is 0 Å². The van der Waals surface area contributed by atoms with Gasteiger partial charge in [0.1, 0.15) is 6.54 Å². The maximum Gasteiger partial charge on any atom is 0.327 e. The number of methoxy groups -OCH3 is 1. The number of rotatable bonds is 8. The molecule has 4 rings (SSSR count). The fraction of sp³-hybridized carbons (Fsp3) is 0.333. The Morgan fingerprint density at radius 2 is 1.72 bits per heavy atom. The molecule has 0 bridgehead atoms. The van der Waals surface area contributed by atoms with E-state index >= 15 is 0 Å². The van der Waals surface area contributed by atoms with E-state index in [1.807, 2.05) is 24.3 Å². The van der Waals surface area contributed by atoms with Gasteiger partial charge in [0.2, 0.25) is 0 Å². The number of tetrazole rings is 1. The minimum atomic E-state index is -0.375. The van der Waals surface area contributed by atoms with E-state index in [4.69, 9.17) is 4.74 Å². The summed E-state index contributed by atoms with van der Waals surface area (Å²) in [7, 11) is 1.37. The van der Waals surface area contributed by atoms with Gasteiger partial charge in [0.25, 0.3) is 0 Å². The van der Waals surface area contributed by atoms with Gasteiger partial charge in [-0.1, -0.05) is 72.8 Å². The quantitative estimate of drug-likeness (QED) is 0.506. The predicted molar refractivity (Wildman–Crippen MR) is 122 cm³/mol. The Bertz CT molecular complexity index is 1010. The van der Waals surface area contributed by atoms with Crippen molar-refractivity contribution in [3.05, 3.63) is 83.7 Å². The summed E-state index contributed by atoms with van der Waals surface area (Å²) >= 11 is 0. The molecule has 1 saturated heterocycles. The number of carbonyl (C=O) groups is 1. The molecule has 0 unspecified atom stereocenters. The molecule has 1 aliphatic rings. The standard InChI is InChI=1S/C24H28N6O2/c1-32-22(31)19-30-24(25-26-27-30)23(21-12-6-3-7-13-21)29-17-15-28(16-18-29)14-8-11-20-9-4-2-5-10-20/h2-13,23H,14-19H2,1H3/t23-/m1/s1. The van der Waals surface area contributed by atoms with Crippen LogP contribution < -0.4 is 0 Å². The first kappa shape index (κ1) is 21.9. The smallest absolute Gasteiger partial charge is 0.327 e. The molecule has 166 valence electrons. The van der Waals surface area contributed by atoms with Crippen LogP contribution in [-0.4, -0.2) is 75.8 Å². The highest BCUT2D eigenvalue weighted by molar-refractivity contribution is 5.68. The molecular formula is C24H28N6O2. The molecule has 1 fully saturated rings. The molecule has 0 radical (unpaired) electrons. The third kappa shape index (κ3) is 5.46. The molecule has 32 heavy (non-hydrogen) atoms. The Hall–Kier alpha value is -3.36. The molecule has 1 aliphatic heterocycles. The van der Waals surface area contributed by atoms with Crippen LogP contribution in [0.15, 0.2) is 66.7 Å². The zero-order valence-electron chi connectivity index (χ0n) is 18.2. The lowest BCUT2D eigenvalue weighted by Gasteiger charge is -2.38. The van der Waals surface area contributed by atoms with Crippen LogP contribution in [0.1, 0.15) is 23.0 Å². The van der Waals surface area contributed by atoms with Crippen molar-refractivity contribution in [2.45, 2.75) is 12.6 Å². The number of carbonyl (C=O) groups excluding carboxylic acids is 1. The summed E-state index contributed by atoms with van der Waals surface area (Å²) in [6.07, 6.45) is 4.39. The van der Waals surface area contributed by atoms with Crippen molar-refractivity contribution in [1.82, 2.24) is 30.0 Å². The molecule has 0 N–H and O–H groups in total. The Balaban J connectivity index is 1.45. The van der Waals surface area contributed by atoms with Crippen molar-refractivity contribution in [3.8, 4) is 0 Å². The largest absolute Gasteiger partial charge is 0.468 e. The third-order valence-electron chi connectivity index (χ3n) is 5.67. The van der Waals surface area contributed by atoms with Gasteiger partial charge in [-0.15, -0.1) is 5.10 Å². The van der Waals surface area contributed by atoms with Gasteiger partial charge in [0.05, 0.1) is 13.2 Å². The number of nitrogens with zero attached hydrogens (tertiary/aromatic N) is 6. The SMILES string of the molecule is COC(=O)Cn1nnnc1[C@@H](c1ccccc1)N1CCN(CC=Cc2ccccc2)CC1. The zero-order valence-corrected chi connectivity index (χ0v) is 18.2. The molecular weight excluding hydrogens is 404 g/mol. The number of aromatic nitrogens is 4. The molecule has 2 aromatic carbocycles. The maximum atomic E-state index is 11.8. The minimum Gasteiger partial charge on any atom is -0.468 e. The van der Waals surface area contributed by atoms with Gasteiger partial charge in [-0.2, -0.15) is 0 Å². The number of benzene rings is 2. The lowest BCUT2D eigenvalue weighted by Crippen LogP contribution is -2.48. The average Bonchev–Trinajstić information content (AvgIpc) is 3.29. The molecule has 1 aromatic heterocycles. The molecule has 2 heterocycles. The molecule has 8 heteroatoms. The summed E-state index contributed by atoms with van der Waals surface area (Å²) in [4.78, 5) is 16.7. The van der Waals surface area contributed by atoms with E-state index in [1.165, 1.54) is 12.7 Å². The summed E-state index contributed by atoms with van der Waals surface area (Å²) in [5.41, 5.74) is 2.32. The van der Waals surface area contributed by atoms with Gasteiger partial charge in [-0.3, -0.25) is 14.6 Å². The lowest BCUT2D eigenvalue weighted by atomic mass is 10.0. The highest BCUT2D eigenvalue weighted by atomic mass is 16.5. The van der Waals surface area contributed by atoms with Crippen LogP contribution >= 0.6 is 0 Å². The zero-order chi connectivity index (χ0) is 22.2. The van der Waals surface area contributed by atoms with Gasteiger partial charge in [-0.25, -0.2) is 4.68 Å². The summed E-state index contributed by atoms with van der Waals surface area (Å²) in [6.45, 7) is 4.56. The van der Waals surface area contributed by atoms with Crippen LogP contribution in [0.25, 0.3) is 6.08 Å². The number of hydrogen-bond acceptors (Lipinski definition) is 7. The first-order chi connectivity index (χ1) is 15.7. The number of hydrogen-bond donors (Lipinski definition) is 0. The fourth-order valence-electron chi connectivity index (χ4n) is 3.97. The van der Waals surface area contributed by atoms with Crippen molar-refractivity contribution in [2.75, 3.05) is 39.8 Å². The van der Waals surface area contributed by atoms with Gasteiger partial charge in [0, 0.05) is 32.7 Å². The number of ether oxygens (including phenoxy) is 1. The van der Waals surface area contributed by atoms with Crippen molar-refractivity contribution < 1.29 is 9.53 Å². The van der Waals surface area contributed by atoms with E-state index in [0.29, 0.717) is 5.82 Å². The highest BCUT2D eigenvalue weighted by Gasteiger charge is 2.30. The maximum absolute atomic E-state index is 11.8. The Morgan fingerprint density at radius 3 is 2.41 bits per heavy atom. The van der Waals surface area contributed by atoms with Gasteiger partial charge in [0.15, 0.2) is 5.82 Å². The van der Waals surface area contributed by atoms with Gasteiger partial charge >= 0.3 is 5.97 Å². The summed E-state index contributed by atoms with van der Waals surface area (Å²) in [6, 6.07) is 20.4. The third-order valence-corrected chi connectivity index (χ3v) is 5.67. The molecule has 1 atom stereocenters. The molecule has 0 spiro atoms. The summed E-state index contributed by atoms with van der Waals surface area (Å²) < 4.78 is 6.35. The van der Waals surface area contributed by atoms with E-state index < -0.39 is 0 Å². The number of piperazine rings is 1. The monoisotopic (exact) mass is 432 g/mol. The van der Waals surface area contributed by atoms with Crippen LogP contribution in [0, 0.1) is 0 Å². The average molecular weight is 433 g/mol. The van der Waals surface area contributed by atoms with E-state index in [-0.39, 0.29) is 18.6 Å². The Kier molecular flexibility index (Phi) is 7.37. The van der Waals surface area contributed by atoms with Crippen molar-refractivity contribution in [3.63, 3.8) is 0 Å². The fourth-order valence-corrected chi connectivity index (χ4v) is 3.97. The second-order valence-electron chi connectivity index (χ2n) is 7.73. The van der Waals surface area contributed by atoms with E-state index in [2.05, 4.69) is 73.9 Å². The van der Waals surface area contributed by atoms with Crippen LogP contribution in [0.2, 0.25) is 0 Å². The van der Waals surface area contributed by atoms with E-state index in [9.17, 15) is 4.79 Å². The highest BCUT2D eigenvalue weighted by Crippen LogP contribution is 2.28. The Morgan fingerprint density at radius 1 is 1.03 bits per heavy atom. The second-order valence-corrected chi connectivity index (χ2v) is 7.73. The topological polar surface area (TPSA) is 76.4 Å². The molecule has 0 aliphatic carbocycles. The van der Waals surface area contributed by atoms with E-state index in [0.717, 1.165) is 38.3 Å². The minimum absolute atomic E-state index is 0.00753. The van der Waals surface area contributed by atoms with Crippen molar-refractivity contribution in [2.24, 2.45) is 0 Å². The Labute approximate surface area is 188 Å². The predicted octanol–water partition coefficient (Wildman–Crippen LogP) is 2.27. The second kappa shape index (κ2) is 10.8. The molecule has 3 aromatic rings. The summed E-state index contributed by atoms with van der Waals surface area (Å²) in [5.74, 6) is 0.277. The first-order valence-electron chi connectivity index (χ1n) is 10.8. The molecule has 0 amide bonds. The van der Waals surface area contributed by atoms with Crippen molar-refractivity contribution >= 4 is 12.0 Å². The van der Waals surface area contributed by atoms with Crippen LogP contribution in [-0.2, 0) is 16.1 Å². The van der Waals surface area contributed by atoms with Crippen LogP contribution in [0.5, 0.6) is 0 Å². The summed E-state index contributed by atoms with van der Waals surface area (Å²) in [5, 5.41) is 12.2. The lowest BCUT2D eigenvalue weighted by molar-refractivity contribution is -0.141. The van der Waals surface area contributed by atoms with E-state index in [1.54, 1.807) is 4.68 Å². The van der Waals surface area contributed by atoms with Crippen LogP contribution in [0.4, 0.5) is 0 Å². The van der Waals surface area contributed by atoms with Crippen LogP contribution in [0.3, 0.4) is 0 Å². The normalized spacial score (nSPS) is 16.3. The van der Waals surface area contributed by atoms with Gasteiger partial charge in [-0.05, 0) is 21.6 Å². The molecule has 8 nitrogen and oxygen atoms in total. The molecule has 0 saturated carbocycles. The number of esters is 1.